The van der Waals surface area contributed by atoms with Crippen LogP contribution >= 0.6 is 0 Å². The molecule has 142 valence electrons. The second-order valence-electron chi connectivity index (χ2n) is 7.28. The molecule has 0 unspecified atom stereocenters. The van der Waals surface area contributed by atoms with Crippen LogP contribution in [0.4, 0.5) is 4.79 Å². The third-order valence-electron chi connectivity index (χ3n) is 5.59. The first-order valence-corrected chi connectivity index (χ1v) is 9.65. The van der Waals surface area contributed by atoms with Gasteiger partial charge in [-0.2, -0.15) is 0 Å². The summed E-state index contributed by atoms with van der Waals surface area (Å²) in [7, 11) is 0. The Labute approximate surface area is 159 Å². The molecule has 27 heavy (non-hydrogen) atoms. The van der Waals surface area contributed by atoms with Gasteiger partial charge in [-0.3, -0.25) is 4.79 Å². The first kappa shape index (κ1) is 17.6. The quantitative estimate of drug-likeness (QED) is 0.902. The summed E-state index contributed by atoms with van der Waals surface area (Å²) in [4.78, 5) is 28.1. The number of nitrogens with zero attached hydrogens (tertiary/aromatic N) is 2. The zero-order valence-electron chi connectivity index (χ0n) is 15.4. The van der Waals surface area contributed by atoms with Crippen LogP contribution < -0.4 is 5.32 Å². The van der Waals surface area contributed by atoms with Gasteiger partial charge in [0.25, 0.3) is 5.91 Å². The fraction of sp³-hybridized carbons (Fsp3) is 0.429. The van der Waals surface area contributed by atoms with E-state index in [1.807, 2.05) is 0 Å². The highest BCUT2D eigenvalue weighted by Crippen LogP contribution is 2.36. The molecule has 6 nitrogen and oxygen atoms in total. The van der Waals surface area contributed by atoms with Crippen molar-refractivity contribution in [3.63, 3.8) is 0 Å². The van der Waals surface area contributed by atoms with Gasteiger partial charge in [0.15, 0.2) is 5.76 Å². The first-order chi connectivity index (χ1) is 13.2. The summed E-state index contributed by atoms with van der Waals surface area (Å²) in [5, 5.41) is 2.98. The highest BCUT2D eigenvalue weighted by molar-refractivity contribution is 5.91. The maximum absolute atomic E-state index is 12.4. The number of hydrogen-bond donors (Lipinski definition) is 1. The van der Waals surface area contributed by atoms with Gasteiger partial charge >= 0.3 is 6.03 Å². The van der Waals surface area contributed by atoms with E-state index >= 15 is 0 Å². The SMILES string of the molecule is O=C(NCc1ccc(C2CCC2)cc1)N1CCN(C(=O)c2ccco2)CC1. The number of urea groups is 1. The number of hydrogen-bond acceptors (Lipinski definition) is 3. The van der Waals surface area contributed by atoms with Gasteiger partial charge in [0.2, 0.25) is 0 Å². The minimum Gasteiger partial charge on any atom is -0.459 e. The predicted octanol–water partition coefficient (Wildman–Crippen LogP) is 3.21. The molecule has 0 atom stereocenters. The molecular weight excluding hydrogens is 342 g/mol. The summed E-state index contributed by atoms with van der Waals surface area (Å²) in [5.41, 5.74) is 2.52. The lowest BCUT2D eigenvalue weighted by atomic mass is 9.80. The summed E-state index contributed by atoms with van der Waals surface area (Å²) in [6.45, 7) is 2.61. The average Bonchev–Trinajstić information content (AvgIpc) is 3.20. The molecule has 3 amide bonds. The number of amides is 3. The summed E-state index contributed by atoms with van der Waals surface area (Å²) < 4.78 is 5.16. The van der Waals surface area contributed by atoms with Crippen molar-refractivity contribution in [1.82, 2.24) is 15.1 Å². The van der Waals surface area contributed by atoms with Crippen LogP contribution in [-0.4, -0.2) is 47.9 Å². The van der Waals surface area contributed by atoms with Crippen molar-refractivity contribution in [1.29, 1.82) is 0 Å². The third kappa shape index (κ3) is 3.99. The lowest BCUT2D eigenvalue weighted by molar-refractivity contribution is 0.0634. The number of rotatable bonds is 4. The molecule has 0 spiro atoms. The van der Waals surface area contributed by atoms with E-state index in [9.17, 15) is 9.59 Å². The predicted molar refractivity (Wildman–Crippen MR) is 101 cm³/mol. The second-order valence-corrected chi connectivity index (χ2v) is 7.28. The monoisotopic (exact) mass is 367 g/mol. The minimum atomic E-state index is -0.119. The van der Waals surface area contributed by atoms with Crippen molar-refractivity contribution >= 4 is 11.9 Å². The van der Waals surface area contributed by atoms with E-state index in [-0.39, 0.29) is 11.9 Å². The zero-order valence-corrected chi connectivity index (χ0v) is 15.4. The molecular formula is C21H25N3O3. The molecule has 1 saturated heterocycles. The van der Waals surface area contributed by atoms with Crippen molar-refractivity contribution in [3.8, 4) is 0 Å². The Kier molecular flexibility index (Phi) is 5.14. The van der Waals surface area contributed by atoms with E-state index in [1.54, 1.807) is 21.9 Å². The van der Waals surface area contributed by atoms with E-state index in [2.05, 4.69) is 29.6 Å². The molecule has 1 saturated carbocycles. The Morgan fingerprint density at radius 2 is 1.70 bits per heavy atom. The summed E-state index contributed by atoms with van der Waals surface area (Å²) in [6.07, 6.45) is 5.42. The van der Waals surface area contributed by atoms with Crippen LogP contribution in [0.15, 0.2) is 47.1 Å². The van der Waals surface area contributed by atoms with Crippen molar-refractivity contribution in [2.45, 2.75) is 31.7 Å². The average molecular weight is 367 g/mol. The van der Waals surface area contributed by atoms with Gasteiger partial charge in [-0.25, -0.2) is 4.79 Å². The lowest BCUT2D eigenvalue weighted by Gasteiger charge is -2.34. The molecule has 4 rings (SSSR count). The molecule has 1 aliphatic carbocycles. The van der Waals surface area contributed by atoms with Crippen LogP contribution in [0.1, 0.15) is 46.9 Å². The van der Waals surface area contributed by atoms with E-state index in [0.29, 0.717) is 38.5 Å². The van der Waals surface area contributed by atoms with Gasteiger partial charge < -0.3 is 19.5 Å². The van der Waals surface area contributed by atoms with E-state index in [1.165, 1.54) is 31.1 Å². The summed E-state index contributed by atoms with van der Waals surface area (Å²) in [5.74, 6) is 0.957. The fourth-order valence-electron chi connectivity index (χ4n) is 3.61. The van der Waals surface area contributed by atoms with Crippen LogP contribution in [-0.2, 0) is 6.54 Å². The largest absolute Gasteiger partial charge is 0.459 e. The Morgan fingerprint density at radius 3 is 2.30 bits per heavy atom. The number of carbonyl (C=O) groups is 2. The maximum atomic E-state index is 12.4. The molecule has 1 aromatic heterocycles. The first-order valence-electron chi connectivity index (χ1n) is 9.65. The smallest absolute Gasteiger partial charge is 0.317 e. The second kappa shape index (κ2) is 7.86. The molecule has 2 fully saturated rings. The number of furan rings is 1. The highest BCUT2D eigenvalue weighted by Gasteiger charge is 2.26. The van der Waals surface area contributed by atoms with Crippen molar-refractivity contribution < 1.29 is 14.0 Å². The highest BCUT2D eigenvalue weighted by atomic mass is 16.3. The van der Waals surface area contributed by atoms with Crippen LogP contribution in [0, 0.1) is 0 Å². The molecule has 2 aromatic rings. The zero-order chi connectivity index (χ0) is 18.6. The molecule has 1 aliphatic heterocycles. The number of carbonyl (C=O) groups excluding carboxylic acids is 2. The summed E-state index contributed by atoms with van der Waals surface area (Å²) >= 11 is 0. The van der Waals surface area contributed by atoms with E-state index in [0.717, 1.165) is 11.5 Å². The molecule has 2 heterocycles. The standard InChI is InChI=1S/C21H25N3O3/c25-20(19-5-2-14-27-19)23-10-12-24(13-11-23)21(26)22-15-16-6-8-18(9-7-16)17-3-1-4-17/h2,5-9,14,17H,1,3-4,10-13,15H2,(H,22,26). The van der Waals surface area contributed by atoms with Crippen LogP contribution in [0.2, 0.25) is 0 Å². The summed E-state index contributed by atoms with van der Waals surface area (Å²) in [6, 6.07) is 11.9. The fourth-order valence-corrected chi connectivity index (χ4v) is 3.61. The van der Waals surface area contributed by atoms with Crippen LogP contribution in [0.5, 0.6) is 0 Å². The van der Waals surface area contributed by atoms with Crippen molar-refractivity contribution in [2.24, 2.45) is 0 Å². The van der Waals surface area contributed by atoms with E-state index in [4.69, 9.17) is 4.42 Å². The van der Waals surface area contributed by atoms with Crippen molar-refractivity contribution in [2.75, 3.05) is 26.2 Å². The Bertz CT molecular complexity index is 774. The number of benzene rings is 1. The third-order valence-corrected chi connectivity index (χ3v) is 5.59. The molecule has 1 N–H and O–H groups in total. The Morgan fingerprint density at radius 1 is 1.00 bits per heavy atom. The topological polar surface area (TPSA) is 65.8 Å². The minimum absolute atomic E-state index is 0.0804. The van der Waals surface area contributed by atoms with Gasteiger partial charge in [0, 0.05) is 32.7 Å². The van der Waals surface area contributed by atoms with Gasteiger partial charge in [-0.15, -0.1) is 0 Å². The molecule has 0 radical (unpaired) electrons. The van der Waals surface area contributed by atoms with Crippen LogP contribution in [0.3, 0.4) is 0 Å². The lowest BCUT2D eigenvalue weighted by Crippen LogP contribution is -2.53. The van der Waals surface area contributed by atoms with Gasteiger partial charge in [-0.05, 0) is 42.0 Å². The Balaban J connectivity index is 1.23. The number of nitrogens with one attached hydrogen (secondary N) is 1. The van der Waals surface area contributed by atoms with E-state index < -0.39 is 0 Å². The van der Waals surface area contributed by atoms with Gasteiger partial charge in [-0.1, -0.05) is 30.7 Å². The maximum Gasteiger partial charge on any atom is 0.317 e. The molecule has 6 heteroatoms. The van der Waals surface area contributed by atoms with Crippen molar-refractivity contribution in [3.05, 3.63) is 59.5 Å². The molecule has 2 aliphatic rings. The molecule has 1 aromatic carbocycles. The number of piperazine rings is 1. The van der Waals surface area contributed by atoms with Crippen LogP contribution in [0.25, 0.3) is 0 Å². The van der Waals surface area contributed by atoms with Gasteiger partial charge in [0.1, 0.15) is 0 Å². The molecule has 0 bridgehead atoms. The Hall–Kier alpha value is -2.76. The normalized spacial score (nSPS) is 17.5. The van der Waals surface area contributed by atoms with Gasteiger partial charge in [0.05, 0.1) is 6.26 Å².